The van der Waals surface area contributed by atoms with Crippen molar-refractivity contribution in [1.82, 2.24) is 0 Å². The number of para-hydroxylation sites is 1. The quantitative estimate of drug-likeness (QED) is 0.185. The van der Waals surface area contributed by atoms with Crippen LogP contribution in [0.15, 0.2) is 89.5 Å². The van der Waals surface area contributed by atoms with Crippen LogP contribution in [0.2, 0.25) is 0 Å². The molecule has 0 unspecified atom stereocenters. The number of carbonyl (C=O) groups excluding carboxylic acids is 1. The first-order valence-electron chi connectivity index (χ1n) is 12.3. The summed E-state index contributed by atoms with van der Waals surface area (Å²) in [6.07, 6.45) is 20.8. The Morgan fingerprint density at radius 2 is 1.75 bits per heavy atom. The zero-order chi connectivity index (χ0) is 27.6. The summed E-state index contributed by atoms with van der Waals surface area (Å²) in [6, 6.07) is 9.70. The molecule has 198 valence electrons. The van der Waals surface area contributed by atoms with Gasteiger partial charge in [-0.25, -0.2) is 4.39 Å². The standard InChI is InChI=1S/C22H25FO2.C5H10O2.C2H6.C2H2/c1-3-4-8-19(15-16-24-20-9-6-5-7-10-20)17-25-22-14-12-18(2)11-13-21(22)23;1-3-5(6)7-4-2;2*1-2/h3-12,14H,13,15-17H2,1-2H3;3-4H2,1-2H3;1-2H3;1-2H/b4-3-,19-8+;;;. The highest BCUT2D eigenvalue weighted by molar-refractivity contribution is 5.68. The molecule has 4 nitrogen and oxygen atoms in total. The molecule has 0 saturated heterocycles. The van der Waals surface area contributed by atoms with Crippen molar-refractivity contribution >= 4 is 5.97 Å². The lowest BCUT2D eigenvalue weighted by atomic mass is 10.2. The van der Waals surface area contributed by atoms with E-state index >= 15 is 0 Å². The third-order valence-electron chi connectivity index (χ3n) is 4.33. The number of hydrogen-bond donors (Lipinski definition) is 0. The van der Waals surface area contributed by atoms with Gasteiger partial charge >= 0.3 is 5.97 Å². The van der Waals surface area contributed by atoms with Crippen molar-refractivity contribution in [3.8, 4) is 18.6 Å². The summed E-state index contributed by atoms with van der Waals surface area (Å²) >= 11 is 0. The SMILES string of the molecule is C#C.C/C=C\C=C(/CCOc1ccccc1)COC1=C(F)CC=C(C)C=C1.CC.CCOC(=O)CC. The molecular weight excluding hydrogens is 455 g/mol. The summed E-state index contributed by atoms with van der Waals surface area (Å²) in [4.78, 5) is 10.2. The molecule has 0 aromatic heterocycles. The van der Waals surface area contributed by atoms with Crippen molar-refractivity contribution in [2.45, 2.75) is 60.8 Å². The molecule has 1 aromatic rings. The molecule has 0 atom stereocenters. The number of benzene rings is 1. The first kappa shape index (κ1) is 34.6. The Balaban J connectivity index is 0. The van der Waals surface area contributed by atoms with Gasteiger partial charge in [-0.3, -0.25) is 4.79 Å². The number of esters is 1. The van der Waals surface area contributed by atoms with Crippen molar-refractivity contribution in [3.05, 3.63) is 89.5 Å². The van der Waals surface area contributed by atoms with Crippen LogP contribution in [0.25, 0.3) is 0 Å². The smallest absolute Gasteiger partial charge is 0.305 e. The predicted molar refractivity (Wildman–Crippen MR) is 149 cm³/mol. The van der Waals surface area contributed by atoms with Crippen LogP contribution in [0.4, 0.5) is 4.39 Å². The molecule has 0 spiro atoms. The van der Waals surface area contributed by atoms with Crippen LogP contribution in [0.1, 0.15) is 60.8 Å². The lowest BCUT2D eigenvalue weighted by Crippen LogP contribution is -2.04. The van der Waals surface area contributed by atoms with E-state index in [1.54, 1.807) is 19.9 Å². The average molecular weight is 499 g/mol. The highest BCUT2D eigenvalue weighted by atomic mass is 19.1. The van der Waals surface area contributed by atoms with Crippen LogP contribution in [0.3, 0.4) is 0 Å². The minimum Gasteiger partial charge on any atom is -0.493 e. The van der Waals surface area contributed by atoms with Crippen LogP contribution in [-0.2, 0) is 14.3 Å². The molecule has 0 radical (unpaired) electrons. The lowest BCUT2D eigenvalue weighted by molar-refractivity contribution is -0.142. The van der Waals surface area contributed by atoms with E-state index in [-0.39, 0.29) is 18.2 Å². The molecule has 1 aliphatic carbocycles. The first-order valence-corrected chi connectivity index (χ1v) is 12.3. The molecule has 0 aliphatic heterocycles. The number of halogens is 1. The Labute approximate surface area is 218 Å². The number of terminal acetylenes is 1. The number of rotatable bonds is 10. The fourth-order valence-corrected chi connectivity index (χ4v) is 2.53. The number of ether oxygens (including phenoxy) is 3. The van der Waals surface area contributed by atoms with Crippen LogP contribution in [0.5, 0.6) is 5.75 Å². The number of hydrogen-bond acceptors (Lipinski definition) is 4. The molecule has 0 bridgehead atoms. The molecule has 2 rings (SSSR count). The maximum atomic E-state index is 14.1. The van der Waals surface area contributed by atoms with Crippen molar-refractivity contribution in [2.24, 2.45) is 0 Å². The Hall–Kier alpha value is -3.52. The molecule has 0 saturated carbocycles. The molecule has 1 aliphatic rings. The van der Waals surface area contributed by atoms with E-state index in [0.717, 1.165) is 23.3 Å². The predicted octanol–water partition coefficient (Wildman–Crippen LogP) is 8.30. The summed E-state index contributed by atoms with van der Waals surface area (Å²) in [6.45, 7) is 12.9. The molecule has 0 fully saturated rings. The minimum absolute atomic E-state index is 0.123. The normalized spacial score (nSPS) is 12.5. The van der Waals surface area contributed by atoms with Gasteiger partial charge < -0.3 is 14.2 Å². The summed E-state index contributed by atoms with van der Waals surface area (Å²) in [5, 5.41) is 0. The van der Waals surface area contributed by atoms with E-state index in [9.17, 15) is 9.18 Å². The summed E-state index contributed by atoms with van der Waals surface area (Å²) < 4.78 is 30.1. The van der Waals surface area contributed by atoms with Crippen LogP contribution in [0, 0.1) is 12.8 Å². The Kier molecular flexibility index (Phi) is 23.7. The van der Waals surface area contributed by atoms with E-state index < -0.39 is 0 Å². The van der Waals surface area contributed by atoms with Gasteiger partial charge in [0.05, 0.1) is 13.2 Å². The number of carbonyl (C=O) groups is 1. The fraction of sp³-hybridized carbons (Fsp3) is 0.387. The third-order valence-corrected chi connectivity index (χ3v) is 4.33. The van der Waals surface area contributed by atoms with E-state index in [1.165, 1.54) is 0 Å². The third kappa shape index (κ3) is 17.9. The van der Waals surface area contributed by atoms with Crippen molar-refractivity contribution < 1.29 is 23.4 Å². The maximum Gasteiger partial charge on any atom is 0.305 e. The molecule has 1 aromatic carbocycles. The van der Waals surface area contributed by atoms with E-state index in [1.807, 2.05) is 88.4 Å². The largest absolute Gasteiger partial charge is 0.493 e. The van der Waals surface area contributed by atoms with Gasteiger partial charge in [-0.15, -0.1) is 12.8 Å². The van der Waals surface area contributed by atoms with Gasteiger partial charge in [-0.05, 0) is 44.6 Å². The Morgan fingerprint density at radius 3 is 2.31 bits per heavy atom. The Morgan fingerprint density at radius 1 is 1.08 bits per heavy atom. The van der Waals surface area contributed by atoms with Crippen molar-refractivity contribution in [1.29, 1.82) is 0 Å². The summed E-state index contributed by atoms with van der Waals surface area (Å²) in [5.74, 6) is 0.792. The summed E-state index contributed by atoms with van der Waals surface area (Å²) in [5.41, 5.74) is 2.09. The second-order valence-corrected chi connectivity index (χ2v) is 6.96. The van der Waals surface area contributed by atoms with Crippen molar-refractivity contribution in [3.63, 3.8) is 0 Å². The molecule has 0 amide bonds. The van der Waals surface area contributed by atoms with Gasteiger partial charge in [0, 0.05) is 19.3 Å². The molecule has 36 heavy (non-hydrogen) atoms. The van der Waals surface area contributed by atoms with Gasteiger partial charge in [-0.2, -0.15) is 0 Å². The van der Waals surface area contributed by atoms with Gasteiger partial charge in [0.25, 0.3) is 0 Å². The highest BCUT2D eigenvalue weighted by Crippen LogP contribution is 2.21. The molecule has 5 heteroatoms. The average Bonchev–Trinajstić information content (AvgIpc) is 3.08. The zero-order valence-electron chi connectivity index (χ0n) is 22.8. The topological polar surface area (TPSA) is 44.8 Å². The fourth-order valence-electron chi connectivity index (χ4n) is 2.53. The second-order valence-electron chi connectivity index (χ2n) is 6.96. The minimum atomic E-state index is -0.237. The van der Waals surface area contributed by atoms with Gasteiger partial charge in [-0.1, -0.05) is 74.9 Å². The maximum absolute atomic E-state index is 14.1. The van der Waals surface area contributed by atoms with Gasteiger partial charge in [0.1, 0.15) is 18.2 Å². The second kappa shape index (κ2) is 24.6. The Bertz CT molecular complexity index is 874. The molecule has 0 heterocycles. The summed E-state index contributed by atoms with van der Waals surface area (Å²) in [7, 11) is 0. The molecular formula is C31H43FO4. The molecule has 0 N–H and O–H groups in total. The number of allylic oxidation sites excluding steroid dienone is 8. The van der Waals surface area contributed by atoms with E-state index in [4.69, 9.17) is 9.47 Å². The van der Waals surface area contributed by atoms with E-state index in [0.29, 0.717) is 32.0 Å². The highest BCUT2D eigenvalue weighted by Gasteiger charge is 2.09. The van der Waals surface area contributed by atoms with E-state index in [2.05, 4.69) is 17.6 Å². The van der Waals surface area contributed by atoms with Gasteiger partial charge in [0.15, 0.2) is 5.76 Å². The lowest BCUT2D eigenvalue weighted by Gasteiger charge is -2.12. The zero-order valence-corrected chi connectivity index (χ0v) is 22.8. The van der Waals surface area contributed by atoms with Crippen molar-refractivity contribution in [2.75, 3.05) is 19.8 Å². The monoisotopic (exact) mass is 498 g/mol. The van der Waals surface area contributed by atoms with Crippen LogP contribution >= 0.6 is 0 Å². The van der Waals surface area contributed by atoms with Crippen LogP contribution < -0.4 is 4.74 Å². The van der Waals surface area contributed by atoms with Gasteiger partial charge in [0.2, 0.25) is 0 Å². The first-order chi connectivity index (χ1) is 17.5. The van der Waals surface area contributed by atoms with Crippen LogP contribution in [-0.4, -0.2) is 25.8 Å².